The fourth-order valence-corrected chi connectivity index (χ4v) is 1.11. The lowest BCUT2D eigenvalue weighted by Crippen LogP contribution is -2.15. The lowest BCUT2D eigenvalue weighted by molar-refractivity contribution is 0.131. The number of amides is 1. The predicted molar refractivity (Wildman–Crippen MR) is 56.2 cm³/mol. The molecule has 1 aromatic rings. The van der Waals surface area contributed by atoms with Gasteiger partial charge in [0.2, 0.25) is 0 Å². The number of hydrogen-bond acceptors (Lipinski definition) is 3. The number of hydrogen-bond donors (Lipinski definition) is 2. The van der Waals surface area contributed by atoms with E-state index in [-0.39, 0.29) is 13.2 Å². The highest BCUT2D eigenvalue weighted by Crippen LogP contribution is 2.19. The van der Waals surface area contributed by atoms with E-state index in [1.165, 1.54) is 12.1 Å². The second-order valence-electron chi connectivity index (χ2n) is 2.61. The molecule has 0 aliphatic rings. The first-order chi connectivity index (χ1) is 7.13. The number of rotatable bonds is 3. The Bertz CT molecular complexity index is 359. The number of anilines is 1. The summed E-state index contributed by atoms with van der Waals surface area (Å²) in [5.41, 5.74) is 0.290. The van der Waals surface area contributed by atoms with Gasteiger partial charge in [-0.3, -0.25) is 5.32 Å². The summed E-state index contributed by atoms with van der Waals surface area (Å²) in [5.74, 6) is -0.477. The van der Waals surface area contributed by atoms with E-state index in [4.69, 9.17) is 5.11 Å². The number of benzene rings is 1. The molecule has 2 N–H and O–H groups in total. The minimum absolute atomic E-state index is 0.0924. The molecule has 0 heterocycles. The average Bonchev–Trinajstić information content (AvgIpc) is 2.20. The van der Waals surface area contributed by atoms with Crippen LogP contribution in [0.1, 0.15) is 0 Å². The van der Waals surface area contributed by atoms with Gasteiger partial charge in [0.15, 0.2) is 0 Å². The van der Waals surface area contributed by atoms with Gasteiger partial charge in [0.05, 0.1) is 11.1 Å². The molecule has 0 atom stereocenters. The summed E-state index contributed by atoms with van der Waals surface area (Å²) in [6, 6.07) is 4.15. The minimum Gasteiger partial charge on any atom is -0.447 e. The van der Waals surface area contributed by atoms with Crippen LogP contribution in [0.15, 0.2) is 22.7 Å². The molecule has 0 aromatic heterocycles. The second-order valence-corrected chi connectivity index (χ2v) is 3.47. The zero-order valence-electron chi connectivity index (χ0n) is 7.67. The van der Waals surface area contributed by atoms with Crippen molar-refractivity contribution in [3.8, 4) is 0 Å². The maximum Gasteiger partial charge on any atom is 0.411 e. The highest BCUT2D eigenvalue weighted by atomic mass is 79.9. The Balaban J connectivity index is 2.57. The molecular formula is C9H9BrFNO3. The SMILES string of the molecule is O=C(Nc1ccc(Br)c(F)c1)OCCO. The van der Waals surface area contributed by atoms with Gasteiger partial charge in [-0.05, 0) is 34.1 Å². The van der Waals surface area contributed by atoms with E-state index in [1.54, 1.807) is 0 Å². The van der Waals surface area contributed by atoms with E-state index >= 15 is 0 Å². The van der Waals surface area contributed by atoms with Crippen LogP contribution in [0.4, 0.5) is 14.9 Å². The summed E-state index contributed by atoms with van der Waals surface area (Å²) in [6.07, 6.45) is -0.731. The third-order valence-corrected chi connectivity index (χ3v) is 2.13. The zero-order chi connectivity index (χ0) is 11.3. The molecule has 0 bridgehead atoms. The Kier molecular flexibility index (Phi) is 4.51. The smallest absolute Gasteiger partial charge is 0.411 e. The third kappa shape index (κ3) is 3.85. The molecule has 1 amide bonds. The number of ether oxygens (including phenoxy) is 1. The van der Waals surface area contributed by atoms with Gasteiger partial charge in [0, 0.05) is 5.69 Å². The van der Waals surface area contributed by atoms with Crippen molar-refractivity contribution in [2.24, 2.45) is 0 Å². The van der Waals surface area contributed by atoms with Crippen molar-refractivity contribution in [2.45, 2.75) is 0 Å². The van der Waals surface area contributed by atoms with Crippen LogP contribution in [0.5, 0.6) is 0 Å². The second kappa shape index (κ2) is 5.67. The topological polar surface area (TPSA) is 58.6 Å². The fraction of sp³-hybridized carbons (Fsp3) is 0.222. The van der Waals surface area contributed by atoms with Crippen LogP contribution in [0, 0.1) is 5.82 Å². The monoisotopic (exact) mass is 277 g/mol. The lowest BCUT2D eigenvalue weighted by atomic mass is 10.3. The molecule has 0 spiro atoms. The molecule has 0 saturated heterocycles. The van der Waals surface area contributed by atoms with E-state index in [2.05, 4.69) is 26.0 Å². The maximum absolute atomic E-state index is 13.0. The molecular weight excluding hydrogens is 269 g/mol. The lowest BCUT2D eigenvalue weighted by Gasteiger charge is -2.05. The van der Waals surface area contributed by atoms with Gasteiger partial charge in [0.1, 0.15) is 12.4 Å². The molecule has 4 nitrogen and oxygen atoms in total. The van der Waals surface area contributed by atoms with Crippen LogP contribution in [0.2, 0.25) is 0 Å². The molecule has 0 fully saturated rings. The molecule has 1 aromatic carbocycles. The van der Waals surface area contributed by atoms with Crippen LogP contribution in [-0.2, 0) is 4.74 Å². The minimum atomic E-state index is -0.731. The summed E-state index contributed by atoms with van der Waals surface area (Å²) < 4.78 is 17.9. The summed E-state index contributed by atoms with van der Waals surface area (Å²) in [7, 11) is 0. The highest BCUT2D eigenvalue weighted by molar-refractivity contribution is 9.10. The van der Waals surface area contributed by atoms with Crippen molar-refractivity contribution >= 4 is 27.7 Å². The first-order valence-electron chi connectivity index (χ1n) is 4.13. The number of carbonyl (C=O) groups excluding carboxylic acids is 1. The molecule has 1 rings (SSSR count). The van der Waals surface area contributed by atoms with Gasteiger partial charge < -0.3 is 9.84 Å². The van der Waals surface area contributed by atoms with Crippen molar-refractivity contribution in [1.29, 1.82) is 0 Å². The van der Waals surface area contributed by atoms with Crippen molar-refractivity contribution in [3.05, 3.63) is 28.5 Å². The van der Waals surface area contributed by atoms with Gasteiger partial charge in [-0.15, -0.1) is 0 Å². The number of aliphatic hydroxyl groups excluding tert-OH is 1. The molecule has 82 valence electrons. The molecule has 0 unspecified atom stereocenters. The summed E-state index contributed by atoms with van der Waals surface area (Å²) >= 11 is 2.99. The quantitative estimate of drug-likeness (QED) is 0.890. The summed E-state index contributed by atoms with van der Waals surface area (Å²) in [4.78, 5) is 11.0. The third-order valence-electron chi connectivity index (χ3n) is 1.49. The van der Waals surface area contributed by atoms with E-state index in [1.807, 2.05) is 0 Å². The standard InChI is InChI=1S/C9H9BrFNO3/c10-7-2-1-6(5-8(7)11)12-9(14)15-4-3-13/h1-2,5,13H,3-4H2,(H,12,14). The Morgan fingerprint density at radius 1 is 1.60 bits per heavy atom. The molecule has 15 heavy (non-hydrogen) atoms. The molecule has 0 aliphatic heterocycles. The molecule has 6 heteroatoms. The number of aliphatic hydroxyl groups is 1. The molecule has 0 aliphatic carbocycles. The van der Waals surface area contributed by atoms with Crippen molar-refractivity contribution in [2.75, 3.05) is 18.5 Å². The fourth-order valence-electron chi connectivity index (χ4n) is 0.866. The van der Waals surface area contributed by atoms with Crippen molar-refractivity contribution in [3.63, 3.8) is 0 Å². The highest BCUT2D eigenvalue weighted by Gasteiger charge is 2.05. The van der Waals surface area contributed by atoms with E-state index in [0.717, 1.165) is 6.07 Å². The Hall–Kier alpha value is -1.14. The molecule has 0 saturated carbocycles. The van der Waals surface area contributed by atoms with Crippen LogP contribution < -0.4 is 5.32 Å². The van der Waals surface area contributed by atoms with E-state index in [0.29, 0.717) is 10.2 Å². The van der Waals surface area contributed by atoms with Gasteiger partial charge >= 0.3 is 6.09 Å². The number of halogens is 2. The Morgan fingerprint density at radius 3 is 2.93 bits per heavy atom. The van der Waals surface area contributed by atoms with E-state index in [9.17, 15) is 9.18 Å². The largest absolute Gasteiger partial charge is 0.447 e. The van der Waals surface area contributed by atoms with Crippen LogP contribution in [0.3, 0.4) is 0 Å². The van der Waals surface area contributed by atoms with Crippen molar-refractivity contribution < 1.29 is 19.0 Å². The van der Waals surface area contributed by atoms with Crippen LogP contribution in [-0.4, -0.2) is 24.4 Å². The summed E-state index contributed by atoms with van der Waals surface area (Å²) in [5, 5.41) is 10.7. The van der Waals surface area contributed by atoms with Gasteiger partial charge in [-0.2, -0.15) is 0 Å². The van der Waals surface area contributed by atoms with Crippen LogP contribution >= 0.6 is 15.9 Å². The summed E-state index contributed by atoms with van der Waals surface area (Å²) in [6.45, 7) is -0.340. The van der Waals surface area contributed by atoms with E-state index < -0.39 is 11.9 Å². The first-order valence-corrected chi connectivity index (χ1v) is 4.92. The first kappa shape index (κ1) is 11.9. The van der Waals surface area contributed by atoms with Crippen molar-refractivity contribution in [1.82, 2.24) is 0 Å². The van der Waals surface area contributed by atoms with Gasteiger partial charge in [-0.1, -0.05) is 0 Å². The van der Waals surface area contributed by atoms with Gasteiger partial charge in [-0.25, -0.2) is 9.18 Å². The average molecular weight is 278 g/mol. The number of carbonyl (C=O) groups is 1. The predicted octanol–water partition coefficient (Wildman–Crippen LogP) is 2.13. The Labute approximate surface area is 94.2 Å². The maximum atomic E-state index is 13.0. The van der Waals surface area contributed by atoms with Crippen LogP contribution in [0.25, 0.3) is 0 Å². The number of nitrogens with one attached hydrogen (secondary N) is 1. The zero-order valence-corrected chi connectivity index (χ0v) is 9.25. The van der Waals surface area contributed by atoms with Gasteiger partial charge in [0.25, 0.3) is 0 Å². The normalized spacial score (nSPS) is 9.80. The molecule has 0 radical (unpaired) electrons. The Morgan fingerprint density at radius 2 is 2.33 bits per heavy atom.